The van der Waals surface area contributed by atoms with Crippen LogP contribution in [0, 0.1) is 10.1 Å². The number of hydrogen-bond donors (Lipinski definition) is 1. The summed E-state index contributed by atoms with van der Waals surface area (Å²) in [7, 11) is 0. The predicted molar refractivity (Wildman–Crippen MR) is 92.1 cm³/mol. The number of aromatic nitrogens is 1. The summed E-state index contributed by atoms with van der Waals surface area (Å²) in [5, 5.41) is 11.0. The Kier molecular flexibility index (Phi) is 5.09. The fraction of sp³-hybridized carbons (Fsp3) is 0.211. The number of nitrogens with zero attached hydrogens (tertiary/aromatic N) is 1. The Hall–Kier alpha value is -3.15. The van der Waals surface area contributed by atoms with Crippen molar-refractivity contribution in [1.29, 1.82) is 0 Å². The van der Waals surface area contributed by atoms with Gasteiger partial charge in [0.05, 0.1) is 6.26 Å². The van der Waals surface area contributed by atoms with Gasteiger partial charge in [-0.05, 0) is 29.8 Å². The van der Waals surface area contributed by atoms with Crippen molar-refractivity contribution in [2.24, 2.45) is 0 Å². The van der Waals surface area contributed by atoms with E-state index in [4.69, 9.17) is 4.42 Å². The minimum absolute atomic E-state index is 0.0865. The fourth-order valence-corrected chi connectivity index (χ4v) is 2.84. The molecule has 3 rings (SSSR count). The Bertz CT molecular complexity index is 837. The van der Waals surface area contributed by atoms with Gasteiger partial charge in [0, 0.05) is 29.2 Å². The molecule has 0 fully saturated rings. The minimum atomic E-state index is -0.497. The molecule has 0 aliphatic carbocycles. The van der Waals surface area contributed by atoms with E-state index < -0.39 is 5.92 Å². The second kappa shape index (κ2) is 7.61. The van der Waals surface area contributed by atoms with Gasteiger partial charge >= 0.3 is 0 Å². The molecule has 0 spiro atoms. The lowest BCUT2D eigenvalue weighted by atomic mass is 10.0. The van der Waals surface area contributed by atoms with Crippen molar-refractivity contribution in [2.75, 3.05) is 6.54 Å². The van der Waals surface area contributed by atoms with Gasteiger partial charge in [-0.1, -0.05) is 30.3 Å². The first kappa shape index (κ1) is 16.7. The zero-order valence-corrected chi connectivity index (χ0v) is 13.6. The highest BCUT2D eigenvalue weighted by Crippen LogP contribution is 2.25. The lowest BCUT2D eigenvalue weighted by molar-refractivity contribution is -0.482. The van der Waals surface area contributed by atoms with Gasteiger partial charge in [-0.2, -0.15) is 0 Å². The molecule has 0 aliphatic rings. The van der Waals surface area contributed by atoms with Crippen LogP contribution in [0.3, 0.4) is 0 Å². The summed E-state index contributed by atoms with van der Waals surface area (Å²) < 4.78 is 5.33. The van der Waals surface area contributed by atoms with Gasteiger partial charge in [0.1, 0.15) is 17.5 Å². The second-order valence-electron chi connectivity index (χ2n) is 5.90. The summed E-state index contributed by atoms with van der Waals surface area (Å²) >= 11 is 0. The average Bonchev–Trinajstić information content (AvgIpc) is 3.25. The van der Waals surface area contributed by atoms with Crippen LogP contribution in [-0.4, -0.2) is 22.2 Å². The summed E-state index contributed by atoms with van der Waals surface area (Å²) in [6, 6.07) is 16.6. The fourth-order valence-electron chi connectivity index (χ4n) is 2.84. The number of aromatic amines is 1. The number of nitro groups is 1. The highest BCUT2D eigenvalue weighted by atomic mass is 16.6. The number of hydrogen-bond acceptors (Lipinski definition) is 4. The van der Waals surface area contributed by atoms with E-state index in [0.29, 0.717) is 17.9 Å². The second-order valence-corrected chi connectivity index (χ2v) is 5.90. The van der Waals surface area contributed by atoms with Gasteiger partial charge < -0.3 is 9.40 Å². The van der Waals surface area contributed by atoms with Crippen LogP contribution in [-0.2, 0) is 17.6 Å². The van der Waals surface area contributed by atoms with E-state index in [0.717, 1.165) is 11.3 Å². The van der Waals surface area contributed by atoms with E-state index in [1.807, 2.05) is 30.3 Å². The monoisotopic (exact) mass is 338 g/mol. The van der Waals surface area contributed by atoms with Crippen LogP contribution in [0.5, 0.6) is 0 Å². The lowest BCUT2D eigenvalue weighted by Gasteiger charge is -2.08. The Morgan fingerprint density at radius 1 is 1.08 bits per heavy atom. The molecule has 0 radical (unpaired) electrons. The number of ketones is 1. The van der Waals surface area contributed by atoms with E-state index in [1.54, 1.807) is 24.3 Å². The molecule has 1 unspecified atom stereocenters. The van der Waals surface area contributed by atoms with E-state index in [2.05, 4.69) is 4.98 Å². The van der Waals surface area contributed by atoms with Gasteiger partial charge in [0.25, 0.3) is 0 Å². The third kappa shape index (κ3) is 4.44. The molecule has 3 aromatic rings. The smallest absolute Gasteiger partial charge is 0.219 e. The summed E-state index contributed by atoms with van der Waals surface area (Å²) in [5.74, 6) is 0.118. The molecule has 0 aliphatic heterocycles. The van der Waals surface area contributed by atoms with E-state index in [1.165, 1.54) is 6.26 Å². The van der Waals surface area contributed by atoms with Crippen LogP contribution in [0.15, 0.2) is 65.3 Å². The molecule has 2 aromatic heterocycles. The maximum atomic E-state index is 12.2. The van der Waals surface area contributed by atoms with E-state index >= 15 is 0 Å². The summed E-state index contributed by atoms with van der Waals surface area (Å²) in [4.78, 5) is 26.0. The van der Waals surface area contributed by atoms with Crippen LogP contribution in [0.25, 0.3) is 0 Å². The Morgan fingerprint density at radius 2 is 1.88 bits per heavy atom. The molecule has 0 bridgehead atoms. The van der Waals surface area contributed by atoms with Crippen molar-refractivity contribution in [1.82, 2.24) is 4.98 Å². The van der Waals surface area contributed by atoms with Crippen LogP contribution in [0.2, 0.25) is 0 Å². The number of H-pyrrole nitrogens is 1. The molecular formula is C19H18N2O4. The topological polar surface area (TPSA) is 89.1 Å². The number of furan rings is 1. The maximum absolute atomic E-state index is 12.2. The number of benzene rings is 1. The molecule has 0 saturated carbocycles. The molecular weight excluding hydrogens is 320 g/mol. The largest absolute Gasteiger partial charge is 0.468 e. The lowest BCUT2D eigenvalue weighted by Crippen LogP contribution is -2.14. The molecule has 25 heavy (non-hydrogen) atoms. The average molecular weight is 338 g/mol. The molecule has 0 amide bonds. The van der Waals surface area contributed by atoms with Crippen LogP contribution >= 0.6 is 0 Å². The Morgan fingerprint density at radius 3 is 2.56 bits per heavy atom. The summed E-state index contributed by atoms with van der Waals surface area (Å²) in [6.45, 7) is -0.272. The highest BCUT2D eigenvalue weighted by molar-refractivity contribution is 5.82. The third-order valence-corrected chi connectivity index (χ3v) is 3.99. The molecule has 1 atom stereocenters. The van der Waals surface area contributed by atoms with Crippen molar-refractivity contribution in [3.8, 4) is 0 Å². The van der Waals surface area contributed by atoms with Gasteiger partial charge in [-0.3, -0.25) is 14.9 Å². The van der Waals surface area contributed by atoms with Crippen LogP contribution < -0.4 is 0 Å². The van der Waals surface area contributed by atoms with Crippen molar-refractivity contribution in [3.63, 3.8) is 0 Å². The van der Waals surface area contributed by atoms with Gasteiger partial charge in [-0.15, -0.1) is 0 Å². The number of nitrogens with one attached hydrogen (secondary N) is 1. The van der Waals surface area contributed by atoms with Gasteiger partial charge in [0.2, 0.25) is 6.54 Å². The standard InChI is InChI=1S/C19H18N2O4/c22-16(11-14-5-2-1-3-6-14)12-15-8-9-18(20-15)17(13-21(23)24)19-7-4-10-25-19/h1-10,17,20H,11-13H2. The third-order valence-electron chi connectivity index (χ3n) is 3.99. The number of rotatable bonds is 8. The van der Waals surface area contributed by atoms with Crippen molar-refractivity contribution < 1.29 is 14.1 Å². The quantitative estimate of drug-likeness (QED) is 0.504. The van der Waals surface area contributed by atoms with Gasteiger partial charge in [-0.25, -0.2) is 0 Å². The van der Waals surface area contributed by atoms with Crippen molar-refractivity contribution in [3.05, 3.63) is 93.7 Å². The zero-order chi connectivity index (χ0) is 17.6. The highest BCUT2D eigenvalue weighted by Gasteiger charge is 2.24. The van der Waals surface area contributed by atoms with Crippen LogP contribution in [0.4, 0.5) is 0 Å². The zero-order valence-electron chi connectivity index (χ0n) is 13.6. The van der Waals surface area contributed by atoms with Crippen LogP contribution in [0.1, 0.15) is 28.6 Å². The first-order valence-electron chi connectivity index (χ1n) is 8.00. The molecule has 1 N–H and O–H groups in total. The molecule has 0 saturated heterocycles. The minimum Gasteiger partial charge on any atom is -0.468 e. The number of Topliss-reactive ketones (excluding diaryl/α,β-unsaturated/α-hetero) is 1. The number of carbonyl (C=O) groups is 1. The molecule has 128 valence electrons. The van der Waals surface area contributed by atoms with Crippen molar-refractivity contribution >= 4 is 5.78 Å². The number of carbonyl (C=O) groups excluding carboxylic acids is 1. The predicted octanol–water partition coefficient (Wildman–Crippen LogP) is 3.37. The Balaban J connectivity index is 1.70. The molecule has 1 aromatic carbocycles. The van der Waals surface area contributed by atoms with Crippen molar-refractivity contribution in [2.45, 2.75) is 18.8 Å². The normalized spacial score (nSPS) is 12.0. The molecule has 6 nitrogen and oxygen atoms in total. The molecule has 2 heterocycles. The van der Waals surface area contributed by atoms with E-state index in [9.17, 15) is 14.9 Å². The first-order valence-corrected chi connectivity index (χ1v) is 8.00. The summed E-state index contributed by atoms with van der Waals surface area (Å²) in [6.07, 6.45) is 2.12. The van der Waals surface area contributed by atoms with Gasteiger partial charge in [0.15, 0.2) is 0 Å². The first-order chi connectivity index (χ1) is 12.1. The summed E-state index contributed by atoms with van der Waals surface area (Å²) in [5.41, 5.74) is 2.39. The maximum Gasteiger partial charge on any atom is 0.219 e. The molecule has 6 heteroatoms. The Labute approximate surface area is 144 Å². The SMILES string of the molecule is O=C(Cc1ccccc1)Cc1ccc(C(C[N+](=O)[O-])c2ccco2)[nH]1. The van der Waals surface area contributed by atoms with E-state index in [-0.39, 0.29) is 23.7 Å².